The standard InChI is InChI=1S/C22H26N4OS/c1-6-8-9-17-10-11-19-20(14-17)28-22(25(19)12-7-2)23-21(27)18-13-16(5)26(24-18)15(3)4/h2,10-11,13-15H,6,8-9,12H2,1,3-5H3. The van der Waals surface area contributed by atoms with Gasteiger partial charge in [-0.25, -0.2) is 0 Å². The van der Waals surface area contributed by atoms with E-state index in [1.54, 1.807) is 6.07 Å². The maximum absolute atomic E-state index is 12.7. The number of benzene rings is 1. The fourth-order valence-corrected chi connectivity index (χ4v) is 4.33. The van der Waals surface area contributed by atoms with Crippen molar-refractivity contribution in [2.24, 2.45) is 4.99 Å². The Hall–Kier alpha value is -2.65. The quantitative estimate of drug-likeness (QED) is 0.578. The van der Waals surface area contributed by atoms with Gasteiger partial charge in [0.25, 0.3) is 5.91 Å². The molecule has 2 aromatic heterocycles. The number of nitrogens with zero attached hydrogens (tertiary/aromatic N) is 4. The molecule has 0 N–H and O–H groups in total. The van der Waals surface area contributed by atoms with Gasteiger partial charge in [0.1, 0.15) is 0 Å². The number of rotatable bonds is 6. The van der Waals surface area contributed by atoms with Crippen LogP contribution in [0.25, 0.3) is 10.2 Å². The van der Waals surface area contributed by atoms with Crippen LogP contribution in [0.3, 0.4) is 0 Å². The van der Waals surface area contributed by atoms with Crippen molar-refractivity contribution in [1.82, 2.24) is 14.3 Å². The normalized spacial score (nSPS) is 12.1. The second-order valence-electron chi connectivity index (χ2n) is 7.21. The largest absolute Gasteiger partial charge is 0.305 e. The highest BCUT2D eigenvalue weighted by atomic mass is 32.1. The van der Waals surface area contributed by atoms with Crippen LogP contribution in [0.5, 0.6) is 0 Å². The topological polar surface area (TPSA) is 52.2 Å². The molecule has 3 aromatic rings. The summed E-state index contributed by atoms with van der Waals surface area (Å²) in [6, 6.07) is 8.38. The van der Waals surface area contributed by atoms with Gasteiger partial charge in [0.2, 0.25) is 0 Å². The van der Waals surface area contributed by atoms with E-state index in [2.05, 4.69) is 41.1 Å². The van der Waals surface area contributed by atoms with Gasteiger partial charge in [0.15, 0.2) is 10.5 Å². The number of unbranched alkanes of at least 4 members (excludes halogenated alkanes) is 1. The van der Waals surface area contributed by atoms with Crippen molar-refractivity contribution < 1.29 is 4.79 Å². The van der Waals surface area contributed by atoms with E-state index in [1.165, 1.54) is 16.9 Å². The molecule has 0 saturated heterocycles. The van der Waals surface area contributed by atoms with E-state index in [4.69, 9.17) is 6.42 Å². The molecule has 0 bridgehead atoms. The number of carbonyl (C=O) groups excluding carboxylic acids is 1. The molecule has 0 fully saturated rings. The molecule has 0 spiro atoms. The lowest BCUT2D eigenvalue weighted by Gasteiger charge is -2.06. The van der Waals surface area contributed by atoms with Crippen molar-refractivity contribution in [1.29, 1.82) is 0 Å². The number of hydrogen-bond donors (Lipinski definition) is 0. The first-order chi connectivity index (χ1) is 13.4. The second kappa shape index (κ2) is 8.57. The number of thiazole rings is 1. The molecule has 3 rings (SSSR count). The van der Waals surface area contributed by atoms with Crippen LogP contribution in [0.4, 0.5) is 0 Å². The fourth-order valence-electron chi connectivity index (χ4n) is 3.24. The van der Waals surface area contributed by atoms with E-state index in [0.29, 0.717) is 17.0 Å². The van der Waals surface area contributed by atoms with Crippen molar-refractivity contribution in [2.75, 3.05) is 0 Å². The first kappa shape index (κ1) is 20.1. The minimum Gasteiger partial charge on any atom is -0.305 e. The molecule has 6 heteroatoms. The summed E-state index contributed by atoms with van der Waals surface area (Å²) in [5.41, 5.74) is 3.62. The average molecular weight is 395 g/mol. The number of carbonyl (C=O) groups is 1. The predicted molar refractivity (Wildman–Crippen MR) is 115 cm³/mol. The van der Waals surface area contributed by atoms with Gasteiger partial charge >= 0.3 is 0 Å². The monoisotopic (exact) mass is 394 g/mol. The Kier molecular flexibility index (Phi) is 6.15. The Bertz CT molecular complexity index is 1110. The zero-order valence-electron chi connectivity index (χ0n) is 16.9. The van der Waals surface area contributed by atoms with E-state index >= 15 is 0 Å². The first-order valence-electron chi connectivity index (χ1n) is 9.65. The van der Waals surface area contributed by atoms with Gasteiger partial charge in [-0.05, 0) is 57.4 Å². The van der Waals surface area contributed by atoms with E-state index < -0.39 is 0 Å². The lowest BCUT2D eigenvalue weighted by atomic mass is 10.1. The van der Waals surface area contributed by atoms with Crippen molar-refractivity contribution >= 4 is 27.5 Å². The van der Waals surface area contributed by atoms with Gasteiger partial charge in [-0.3, -0.25) is 9.48 Å². The summed E-state index contributed by atoms with van der Waals surface area (Å²) in [6.07, 6.45) is 8.94. The Labute approximate surface area is 169 Å². The number of fused-ring (bicyclic) bond motifs is 1. The molecular weight excluding hydrogens is 368 g/mol. The Balaban J connectivity index is 2.05. The predicted octanol–water partition coefficient (Wildman–Crippen LogP) is 4.51. The molecule has 1 amide bonds. The lowest BCUT2D eigenvalue weighted by molar-refractivity contribution is 0.0992. The van der Waals surface area contributed by atoms with Gasteiger partial charge in [-0.1, -0.05) is 36.7 Å². The van der Waals surface area contributed by atoms with Gasteiger partial charge in [-0.15, -0.1) is 6.42 Å². The van der Waals surface area contributed by atoms with Crippen molar-refractivity contribution in [2.45, 2.75) is 59.5 Å². The Morgan fingerprint density at radius 2 is 2.14 bits per heavy atom. The van der Waals surface area contributed by atoms with Gasteiger partial charge < -0.3 is 4.57 Å². The molecule has 0 aliphatic heterocycles. The maximum Gasteiger partial charge on any atom is 0.300 e. The molecule has 5 nitrogen and oxygen atoms in total. The maximum atomic E-state index is 12.7. The summed E-state index contributed by atoms with van der Waals surface area (Å²) in [7, 11) is 0. The van der Waals surface area contributed by atoms with Crippen molar-refractivity contribution in [3.05, 3.63) is 46.0 Å². The third-order valence-electron chi connectivity index (χ3n) is 4.64. The smallest absolute Gasteiger partial charge is 0.300 e. The van der Waals surface area contributed by atoms with Crippen LogP contribution in [-0.4, -0.2) is 20.3 Å². The van der Waals surface area contributed by atoms with Crippen LogP contribution in [0.1, 0.15) is 61.4 Å². The second-order valence-corrected chi connectivity index (χ2v) is 8.22. The molecule has 0 atom stereocenters. The minimum atomic E-state index is -0.342. The van der Waals surface area contributed by atoms with E-state index in [-0.39, 0.29) is 11.9 Å². The van der Waals surface area contributed by atoms with Crippen molar-refractivity contribution in [3.63, 3.8) is 0 Å². The highest BCUT2D eigenvalue weighted by Crippen LogP contribution is 2.20. The number of aromatic nitrogens is 3. The Morgan fingerprint density at radius 1 is 1.36 bits per heavy atom. The van der Waals surface area contributed by atoms with Crippen LogP contribution >= 0.6 is 11.3 Å². The third kappa shape index (κ3) is 4.10. The third-order valence-corrected chi connectivity index (χ3v) is 5.68. The van der Waals surface area contributed by atoms with Crippen LogP contribution in [0, 0.1) is 19.3 Å². The molecule has 1 aromatic carbocycles. The molecule has 28 heavy (non-hydrogen) atoms. The zero-order valence-corrected chi connectivity index (χ0v) is 17.7. The summed E-state index contributed by atoms with van der Waals surface area (Å²) in [4.78, 5) is 17.7. The number of hydrogen-bond acceptors (Lipinski definition) is 3. The summed E-state index contributed by atoms with van der Waals surface area (Å²) in [5, 5.41) is 4.41. The molecule has 146 valence electrons. The fraction of sp³-hybridized carbons (Fsp3) is 0.409. The molecule has 0 unspecified atom stereocenters. The summed E-state index contributed by atoms with van der Waals surface area (Å²) < 4.78 is 4.86. The highest BCUT2D eigenvalue weighted by Gasteiger charge is 2.14. The average Bonchev–Trinajstić information content (AvgIpc) is 3.21. The Morgan fingerprint density at radius 3 is 2.79 bits per heavy atom. The lowest BCUT2D eigenvalue weighted by Crippen LogP contribution is -2.16. The molecule has 0 aliphatic carbocycles. The number of amides is 1. The molecular formula is C22H26N4OS. The summed E-state index contributed by atoms with van der Waals surface area (Å²) in [6.45, 7) is 8.58. The van der Waals surface area contributed by atoms with Crippen LogP contribution in [0.2, 0.25) is 0 Å². The highest BCUT2D eigenvalue weighted by molar-refractivity contribution is 7.16. The SMILES string of the molecule is C#CCn1c(=NC(=O)c2cc(C)n(C(C)C)n2)sc2cc(CCCC)ccc21. The van der Waals surface area contributed by atoms with E-state index in [9.17, 15) is 4.79 Å². The molecule has 0 saturated carbocycles. The number of terminal acetylenes is 1. The molecule has 0 radical (unpaired) electrons. The van der Waals surface area contributed by atoms with Gasteiger partial charge in [-0.2, -0.15) is 10.1 Å². The summed E-state index contributed by atoms with van der Waals surface area (Å²) in [5.74, 6) is 2.33. The zero-order chi connectivity index (χ0) is 20.3. The summed E-state index contributed by atoms with van der Waals surface area (Å²) >= 11 is 1.50. The van der Waals surface area contributed by atoms with Crippen LogP contribution in [0.15, 0.2) is 29.3 Å². The van der Waals surface area contributed by atoms with Crippen LogP contribution in [-0.2, 0) is 13.0 Å². The van der Waals surface area contributed by atoms with Crippen molar-refractivity contribution in [3.8, 4) is 12.3 Å². The molecule has 2 heterocycles. The van der Waals surface area contributed by atoms with E-state index in [1.807, 2.05) is 30.0 Å². The van der Waals surface area contributed by atoms with Crippen LogP contribution < -0.4 is 4.80 Å². The minimum absolute atomic E-state index is 0.193. The molecule has 0 aliphatic rings. The first-order valence-corrected chi connectivity index (χ1v) is 10.5. The van der Waals surface area contributed by atoms with Gasteiger partial charge in [0.05, 0.1) is 16.8 Å². The number of aryl methyl sites for hydroxylation is 2. The van der Waals surface area contributed by atoms with E-state index in [0.717, 1.165) is 35.2 Å². The van der Waals surface area contributed by atoms with Gasteiger partial charge in [0, 0.05) is 11.7 Å².